The summed E-state index contributed by atoms with van der Waals surface area (Å²) < 4.78 is 0. The van der Waals surface area contributed by atoms with Crippen molar-refractivity contribution >= 4 is 47.3 Å². The first-order chi connectivity index (χ1) is 36.0. The lowest BCUT2D eigenvalue weighted by Gasteiger charge is -2.36. The smallest absolute Gasteiger partial charge is 0.253 e. The van der Waals surface area contributed by atoms with Gasteiger partial charge in [0.1, 0.15) is 24.2 Å². The molecule has 8 N–H and O–H groups in total. The fraction of sp³-hybridized carbons (Fsp3) is 0.561. The van der Waals surface area contributed by atoms with E-state index in [1.807, 2.05) is 77.9 Å². The third kappa shape index (κ3) is 13.3. The number of benzene rings is 2. The average molecular weight is 1050 g/mol. The Morgan fingerprint density at radius 2 is 0.947 bits per heavy atom. The molecule has 19 heteroatoms. The summed E-state index contributed by atoms with van der Waals surface area (Å²) in [5, 5.41) is 24.0. The van der Waals surface area contributed by atoms with Crippen LogP contribution in [0.2, 0.25) is 0 Å². The minimum Gasteiger partial charge on any atom is -0.347 e. The first kappa shape index (κ1) is 57.0. The van der Waals surface area contributed by atoms with Crippen LogP contribution in [0.25, 0.3) is 0 Å². The van der Waals surface area contributed by atoms with Gasteiger partial charge in [-0.15, -0.1) is 0 Å². The molecular weight excluding hydrogens is 967 g/mol. The molecule has 4 aliphatic rings. The fourth-order valence-electron chi connectivity index (χ4n) is 10.9. The Morgan fingerprint density at radius 3 is 1.32 bits per heavy atom. The lowest BCUT2D eigenvalue weighted by Crippen LogP contribution is -2.59. The van der Waals surface area contributed by atoms with E-state index in [-0.39, 0.29) is 72.8 Å². The highest BCUT2D eigenvalue weighted by Gasteiger charge is 2.48. The number of aromatic nitrogens is 1. The van der Waals surface area contributed by atoms with Gasteiger partial charge in [-0.1, -0.05) is 90.1 Å². The van der Waals surface area contributed by atoms with Gasteiger partial charge in [0.05, 0.1) is 35.3 Å². The summed E-state index contributed by atoms with van der Waals surface area (Å²) in [5.41, 5.74) is 2.95. The number of amides is 8. The summed E-state index contributed by atoms with van der Waals surface area (Å²) in [6.45, 7) is 14.3. The van der Waals surface area contributed by atoms with E-state index in [4.69, 9.17) is 0 Å². The molecule has 3 aromatic rings. The second-order valence-corrected chi connectivity index (χ2v) is 23.2. The van der Waals surface area contributed by atoms with Crippen molar-refractivity contribution < 1.29 is 38.4 Å². The number of hydrogen-bond donors (Lipinski definition) is 8. The van der Waals surface area contributed by atoms with Gasteiger partial charge >= 0.3 is 0 Å². The molecule has 1 aromatic heterocycles. The Labute approximate surface area is 447 Å². The normalized spacial score (nSPS) is 22.9. The molecule has 2 saturated heterocycles. The van der Waals surface area contributed by atoms with Gasteiger partial charge in [-0.25, -0.2) is 0 Å². The molecular formula is C57H79N11O8. The number of hydrogen-bond acceptors (Lipinski definition) is 11. The molecule has 8 amide bonds. The zero-order chi connectivity index (χ0) is 55.2. The largest absolute Gasteiger partial charge is 0.347 e. The van der Waals surface area contributed by atoms with Gasteiger partial charge < -0.3 is 52.3 Å². The maximum Gasteiger partial charge on any atom is 0.253 e. The molecule has 0 spiro atoms. The Morgan fingerprint density at radius 1 is 0.566 bits per heavy atom. The van der Waals surface area contributed by atoms with Crippen LogP contribution in [0.1, 0.15) is 149 Å². The standard InChI is InChI=1S/C57H79N11O8/c1-32(58-9)48(69)65-46(56(3,4)5)54(75)67-30-38(26-44(67)52(73)63-42-23-15-19-34-17-11-13-21-40(34)42)61-50(71)36-25-37(29-60-28-36)51(72)62-39-27-45(53(74)64-43-24-16-20-35-18-12-14-22-41(35)43)68(31-39)55(76)47(57(6,7)8)66-49(70)33(2)59-10/h11-14,17-18,21-22,25,28-29,32-33,38-39,42-47,58-59H,15-16,19-20,23-24,26-27,30-31H2,1-10H3,(H,61,71)(H,62,72)(H,63,73)(H,64,74)(H,65,69)(H,66,70)/t32-,33-,38-,39-,42+,43?,44-,45-,46+,47+/m0/s1. The van der Waals surface area contributed by atoms with E-state index < -0.39 is 82.8 Å². The first-order valence-corrected chi connectivity index (χ1v) is 26.9. The first-order valence-electron chi connectivity index (χ1n) is 26.9. The van der Waals surface area contributed by atoms with Crippen LogP contribution in [0.4, 0.5) is 0 Å². The molecule has 2 aliphatic carbocycles. The lowest BCUT2D eigenvalue weighted by molar-refractivity contribution is -0.144. The van der Waals surface area contributed by atoms with Crippen molar-refractivity contribution in [2.24, 2.45) is 10.8 Å². The fourth-order valence-corrected chi connectivity index (χ4v) is 10.9. The molecule has 0 saturated carbocycles. The van der Waals surface area contributed by atoms with E-state index in [2.05, 4.69) is 59.7 Å². The number of likely N-dealkylation sites (N-methyl/N-ethyl adjacent to an activating group) is 2. The van der Waals surface area contributed by atoms with Gasteiger partial charge in [-0.05, 0) is 118 Å². The van der Waals surface area contributed by atoms with Crippen LogP contribution in [-0.4, -0.2) is 138 Å². The molecule has 410 valence electrons. The number of carbonyl (C=O) groups excluding carboxylic acids is 8. The molecule has 2 aromatic carbocycles. The van der Waals surface area contributed by atoms with E-state index in [1.54, 1.807) is 27.9 Å². The predicted molar refractivity (Wildman–Crippen MR) is 287 cm³/mol. The van der Waals surface area contributed by atoms with Gasteiger partial charge in [0, 0.05) is 37.6 Å². The Balaban J connectivity index is 1.09. The van der Waals surface area contributed by atoms with Crippen molar-refractivity contribution in [3.63, 3.8) is 0 Å². The van der Waals surface area contributed by atoms with E-state index in [0.717, 1.165) is 60.8 Å². The van der Waals surface area contributed by atoms with Crippen molar-refractivity contribution in [3.8, 4) is 0 Å². The van der Waals surface area contributed by atoms with Crippen LogP contribution in [0.3, 0.4) is 0 Å². The molecule has 7 rings (SSSR count). The zero-order valence-corrected chi connectivity index (χ0v) is 45.8. The van der Waals surface area contributed by atoms with Gasteiger partial charge in [0.15, 0.2) is 0 Å². The molecule has 2 fully saturated rings. The summed E-state index contributed by atoms with van der Waals surface area (Å²) in [4.78, 5) is 120. The van der Waals surface area contributed by atoms with Crippen molar-refractivity contribution in [1.82, 2.24) is 57.3 Å². The van der Waals surface area contributed by atoms with Gasteiger partial charge in [0.2, 0.25) is 35.4 Å². The van der Waals surface area contributed by atoms with Crippen LogP contribution >= 0.6 is 0 Å². The van der Waals surface area contributed by atoms with Gasteiger partial charge in [-0.2, -0.15) is 0 Å². The number of carbonyl (C=O) groups is 8. The van der Waals surface area contributed by atoms with Crippen LogP contribution in [-0.2, 0) is 41.6 Å². The quantitative estimate of drug-likeness (QED) is 0.104. The van der Waals surface area contributed by atoms with E-state index in [9.17, 15) is 38.4 Å². The minimum absolute atomic E-state index is 0.0330. The van der Waals surface area contributed by atoms with Gasteiger partial charge in [0.25, 0.3) is 11.8 Å². The summed E-state index contributed by atoms with van der Waals surface area (Å²) in [5.74, 6) is -3.60. The SMILES string of the molecule is CN[C@@H](C)C(=O)N[C@H](C(=O)N1C[C@@H](NC(=O)c2cncc(C(=O)N[C@H]3C[C@@H](C(=O)N[C@@H]4CCCc5ccccc54)N(C(=O)[C@@H](NC(=O)[C@H](C)NC)C(C)(C)C)C3)c2)C[C@H]1C(=O)NC1CCCc2ccccc21)C(C)(C)C. The number of rotatable bonds is 16. The second kappa shape index (κ2) is 24.1. The maximum atomic E-state index is 14.7. The number of fused-ring (bicyclic) bond motifs is 2. The highest BCUT2D eigenvalue weighted by molar-refractivity contribution is 6.00. The Hall–Kier alpha value is -6.73. The van der Waals surface area contributed by atoms with Crippen molar-refractivity contribution in [2.45, 2.75) is 167 Å². The van der Waals surface area contributed by atoms with E-state index >= 15 is 0 Å². The van der Waals surface area contributed by atoms with E-state index in [1.165, 1.54) is 28.3 Å². The predicted octanol–water partition coefficient (Wildman–Crippen LogP) is 3.15. The molecule has 10 atom stereocenters. The van der Waals surface area contributed by atoms with Crippen LogP contribution in [0.5, 0.6) is 0 Å². The highest BCUT2D eigenvalue weighted by atomic mass is 16.2. The number of nitrogens with zero attached hydrogens (tertiary/aromatic N) is 3. The monoisotopic (exact) mass is 1050 g/mol. The zero-order valence-electron chi connectivity index (χ0n) is 45.8. The second-order valence-electron chi connectivity index (χ2n) is 23.2. The molecule has 76 heavy (non-hydrogen) atoms. The summed E-state index contributed by atoms with van der Waals surface area (Å²) in [6.07, 6.45) is 7.79. The number of aryl methyl sites for hydroxylation is 2. The van der Waals surface area contributed by atoms with Crippen LogP contribution < -0.4 is 42.5 Å². The van der Waals surface area contributed by atoms with E-state index in [0.29, 0.717) is 0 Å². The lowest BCUT2D eigenvalue weighted by atomic mass is 9.85. The molecule has 0 bridgehead atoms. The summed E-state index contributed by atoms with van der Waals surface area (Å²) in [7, 11) is 3.30. The molecule has 0 radical (unpaired) electrons. The van der Waals surface area contributed by atoms with Crippen molar-refractivity contribution in [1.29, 1.82) is 0 Å². The highest BCUT2D eigenvalue weighted by Crippen LogP contribution is 2.34. The topological polar surface area (TPSA) is 252 Å². The Kier molecular flexibility index (Phi) is 18.1. The summed E-state index contributed by atoms with van der Waals surface area (Å²) in [6, 6.07) is 10.2. The van der Waals surface area contributed by atoms with Gasteiger partial charge in [-0.3, -0.25) is 43.3 Å². The minimum atomic E-state index is -1.01. The van der Waals surface area contributed by atoms with Crippen molar-refractivity contribution in [2.75, 3.05) is 27.2 Å². The molecule has 19 nitrogen and oxygen atoms in total. The molecule has 2 aliphatic heterocycles. The van der Waals surface area contributed by atoms with Crippen molar-refractivity contribution in [3.05, 3.63) is 100 Å². The number of pyridine rings is 1. The average Bonchev–Trinajstić information content (AvgIpc) is 4.03. The Bertz CT molecular complexity index is 2490. The third-order valence-corrected chi connectivity index (χ3v) is 15.5. The molecule has 3 heterocycles. The molecule has 1 unspecified atom stereocenters. The maximum absolute atomic E-state index is 14.7. The number of nitrogens with one attached hydrogen (secondary N) is 8. The van der Waals surface area contributed by atoms with Crippen LogP contribution in [0.15, 0.2) is 67.0 Å². The van der Waals surface area contributed by atoms with Crippen LogP contribution in [0, 0.1) is 10.8 Å². The summed E-state index contributed by atoms with van der Waals surface area (Å²) >= 11 is 0. The third-order valence-electron chi connectivity index (χ3n) is 15.5. The number of likely N-dealkylation sites (tertiary alicyclic amines) is 2.